The van der Waals surface area contributed by atoms with Crippen molar-refractivity contribution in [2.24, 2.45) is 0 Å². The number of hydrogen-bond donors (Lipinski definition) is 2. The Morgan fingerprint density at radius 1 is 1.16 bits per heavy atom. The van der Waals surface area contributed by atoms with E-state index in [1.54, 1.807) is 0 Å². The Bertz CT molecular complexity index is 858. The molecule has 1 heterocycles. The summed E-state index contributed by atoms with van der Waals surface area (Å²) < 4.78 is 5.77. The molecular formula is C31H50N4O3. The maximum Gasteiger partial charge on any atom is 0.150 e. The van der Waals surface area contributed by atoms with Crippen molar-refractivity contribution < 1.29 is 14.3 Å². The molecule has 7 nitrogen and oxygen atoms in total. The maximum atomic E-state index is 11.6. The predicted octanol–water partition coefficient (Wildman–Crippen LogP) is 3.50. The minimum atomic E-state index is -0.154. The third-order valence-corrected chi connectivity index (χ3v) is 7.33. The summed E-state index contributed by atoms with van der Waals surface area (Å²) in [5.74, 6) is 6.48. The molecule has 1 fully saturated rings. The van der Waals surface area contributed by atoms with Crippen molar-refractivity contribution in [1.29, 1.82) is 0 Å². The van der Waals surface area contributed by atoms with Crippen LogP contribution < -0.4 is 10.6 Å². The van der Waals surface area contributed by atoms with E-state index in [4.69, 9.17) is 4.74 Å². The third kappa shape index (κ3) is 12.2. The Kier molecular flexibility index (Phi) is 16.8. The number of piperidine rings is 1. The van der Waals surface area contributed by atoms with Gasteiger partial charge in [-0.15, -0.1) is 0 Å². The topological polar surface area (TPSA) is 73.9 Å². The minimum absolute atomic E-state index is 0.154. The van der Waals surface area contributed by atoms with E-state index in [1.807, 2.05) is 30.1 Å². The molecule has 0 aromatic heterocycles. The van der Waals surface area contributed by atoms with Gasteiger partial charge < -0.3 is 25.1 Å². The molecule has 1 aliphatic rings. The Morgan fingerprint density at radius 3 is 2.63 bits per heavy atom. The lowest BCUT2D eigenvalue weighted by Crippen LogP contribution is -2.41. The SMILES string of the molecule is CCCC(C=O)N(C)Cc1c(C#CCCCOCCCNCCCN2CCC(NC)CC2)cccc1C=O. The van der Waals surface area contributed by atoms with E-state index in [0.717, 1.165) is 75.5 Å². The lowest BCUT2D eigenvalue weighted by atomic mass is 10.00. The van der Waals surface area contributed by atoms with Gasteiger partial charge in [0.1, 0.15) is 12.6 Å². The van der Waals surface area contributed by atoms with Crippen LogP contribution in [0.1, 0.15) is 79.8 Å². The summed E-state index contributed by atoms with van der Waals surface area (Å²) in [7, 11) is 3.99. The van der Waals surface area contributed by atoms with Crippen LogP contribution in [0.3, 0.4) is 0 Å². The Labute approximate surface area is 231 Å². The van der Waals surface area contributed by atoms with Crippen LogP contribution in [-0.2, 0) is 16.1 Å². The van der Waals surface area contributed by atoms with Crippen LogP contribution in [0.5, 0.6) is 0 Å². The molecule has 0 spiro atoms. The van der Waals surface area contributed by atoms with E-state index in [-0.39, 0.29) is 6.04 Å². The smallest absolute Gasteiger partial charge is 0.150 e. The van der Waals surface area contributed by atoms with Crippen molar-refractivity contribution in [3.05, 3.63) is 34.9 Å². The highest BCUT2D eigenvalue weighted by Gasteiger charge is 2.17. The minimum Gasteiger partial charge on any atom is -0.381 e. The van der Waals surface area contributed by atoms with Crippen molar-refractivity contribution in [3.8, 4) is 11.8 Å². The van der Waals surface area contributed by atoms with Crippen LogP contribution in [0.25, 0.3) is 0 Å². The first-order chi connectivity index (χ1) is 18.6. The van der Waals surface area contributed by atoms with Gasteiger partial charge in [0.05, 0.1) is 6.04 Å². The second-order valence-electron chi connectivity index (χ2n) is 10.3. The highest BCUT2D eigenvalue weighted by molar-refractivity contribution is 5.78. The van der Waals surface area contributed by atoms with Gasteiger partial charge in [0.25, 0.3) is 0 Å². The van der Waals surface area contributed by atoms with Gasteiger partial charge in [-0.2, -0.15) is 0 Å². The van der Waals surface area contributed by atoms with E-state index in [9.17, 15) is 9.59 Å². The van der Waals surface area contributed by atoms with Crippen LogP contribution in [-0.4, -0.2) is 94.5 Å². The van der Waals surface area contributed by atoms with Crippen LogP contribution in [0.4, 0.5) is 0 Å². The zero-order valence-electron chi connectivity index (χ0n) is 24.0. The highest BCUT2D eigenvalue weighted by Crippen LogP contribution is 2.17. The summed E-state index contributed by atoms with van der Waals surface area (Å²) >= 11 is 0. The van der Waals surface area contributed by atoms with Gasteiger partial charge in [-0.25, -0.2) is 0 Å². The summed E-state index contributed by atoms with van der Waals surface area (Å²) in [6.45, 7) is 9.76. The number of hydrogen-bond acceptors (Lipinski definition) is 7. The molecule has 0 amide bonds. The molecule has 0 aliphatic carbocycles. The molecule has 1 aliphatic heterocycles. The molecule has 1 unspecified atom stereocenters. The second kappa shape index (κ2) is 19.9. The summed E-state index contributed by atoms with van der Waals surface area (Å²) in [6, 6.07) is 6.18. The first-order valence-corrected chi connectivity index (χ1v) is 14.5. The zero-order chi connectivity index (χ0) is 27.4. The van der Waals surface area contributed by atoms with Crippen LogP contribution in [0, 0.1) is 11.8 Å². The van der Waals surface area contributed by atoms with Gasteiger partial charge in [-0.1, -0.05) is 37.3 Å². The lowest BCUT2D eigenvalue weighted by molar-refractivity contribution is -0.112. The second-order valence-corrected chi connectivity index (χ2v) is 10.3. The number of nitrogens with one attached hydrogen (secondary N) is 2. The molecule has 0 radical (unpaired) electrons. The number of unbranched alkanes of at least 4 members (excludes halogenated alkanes) is 1. The standard InChI is InChI=1S/C31H50N4O3/c1-4-11-30(26-37)34(3)24-31-27(13-8-14-28(31)25-36)12-6-5-7-22-38-23-10-18-33-17-9-19-35-20-15-29(32-2)16-21-35/h8,13-14,25-26,29-30,32-33H,4-5,7,9-11,15-24H2,1-3H3. The first-order valence-electron chi connectivity index (χ1n) is 14.5. The summed E-state index contributed by atoms with van der Waals surface area (Å²) in [4.78, 5) is 27.7. The number of aldehydes is 2. The molecule has 0 saturated carbocycles. The van der Waals surface area contributed by atoms with Crippen molar-refractivity contribution in [1.82, 2.24) is 20.4 Å². The number of benzene rings is 1. The Morgan fingerprint density at radius 2 is 1.92 bits per heavy atom. The van der Waals surface area contributed by atoms with Crippen molar-refractivity contribution >= 4 is 12.6 Å². The van der Waals surface area contributed by atoms with Crippen molar-refractivity contribution in [2.45, 2.75) is 76.9 Å². The van der Waals surface area contributed by atoms with Crippen molar-refractivity contribution in [3.63, 3.8) is 0 Å². The monoisotopic (exact) mass is 526 g/mol. The molecule has 7 heteroatoms. The van der Waals surface area contributed by atoms with Gasteiger partial charge in [0, 0.05) is 43.3 Å². The van der Waals surface area contributed by atoms with Gasteiger partial charge in [0.2, 0.25) is 0 Å². The Balaban J connectivity index is 1.59. The largest absolute Gasteiger partial charge is 0.381 e. The molecule has 1 aromatic carbocycles. The third-order valence-electron chi connectivity index (χ3n) is 7.33. The number of likely N-dealkylation sites (tertiary alicyclic amines) is 1. The molecular weight excluding hydrogens is 476 g/mol. The molecule has 2 N–H and O–H groups in total. The van der Waals surface area contributed by atoms with E-state index in [2.05, 4.69) is 41.3 Å². The average molecular weight is 527 g/mol. The average Bonchev–Trinajstić information content (AvgIpc) is 2.95. The van der Waals surface area contributed by atoms with E-state index in [0.29, 0.717) is 24.8 Å². The molecule has 2 rings (SSSR count). The Hall–Kier alpha value is -2.08. The number of likely N-dealkylation sites (N-methyl/N-ethyl adjacent to an activating group) is 1. The number of carbonyl (C=O) groups is 2. The lowest BCUT2D eigenvalue weighted by Gasteiger charge is -2.31. The molecule has 1 aromatic rings. The normalized spacial score (nSPS) is 15.3. The van der Waals surface area contributed by atoms with Gasteiger partial charge in [0.15, 0.2) is 0 Å². The number of carbonyl (C=O) groups excluding carboxylic acids is 2. The van der Waals surface area contributed by atoms with Gasteiger partial charge in [-0.3, -0.25) is 9.69 Å². The number of rotatable bonds is 19. The van der Waals surface area contributed by atoms with E-state index < -0.39 is 0 Å². The van der Waals surface area contributed by atoms with Crippen LogP contribution in [0.15, 0.2) is 18.2 Å². The van der Waals surface area contributed by atoms with E-state index in [1.165, 1.54) is 38.9 Å². The fourth-order valence-electron chi connectivity index (χ4n) is 4.88. The summed E-state index contributed by atoms with van der Waals surface area (Å²) in [5, 5.41) is 6.92. The van der Waals surface area contributed by atoms with E-state index >= 15 is 0 Å². The molecule has 0 bridgehead atoms. The fourth-order valence-corrected chi connectivity index (χ4v) is 4.88. The van der Waals surface area contributed by atoms with Crippen LogP contribution in [0.2, 0.25) is 0 Å². The van der Waals surface area contributed by atoms with Gasteiger partial charge >= 0.3 is 0 Å². The number of ether oxygens (including phenoxy) is 1. The first kappa shape index (κ1) is 32.1. The molecule has 1 saturated heterocycles. The van der Waals surface area contributed by atoms with Gasteiger partial charge in [-0.05, 0) is 97.0 Å². The molecule has 1 atom stereocenters. The number of nitrogens with zero attached hydrogens (tertiary/aromatic N) is 2. The highest BCUT2D eigenvalue weighted by atomic mass is 16.5. The molecule has 212 valence electrons. The van der Waals surface area contributed by atoms with Crippen molar-refractivity contribution in [2.75, 3.05) is 60.0 Å². The maximum absolute atomic E-state index is 11.6. The fraction of sp³-hybridized carbons (Fsp3) is 0.677. The zero-order valence-corrected chi connectivity index (χ0v) is 24.0. The van der Waals surface area contributed by atoms with Crippen LogP contribution >= 0.6 is 0 Å². The quantitative estimate of drug-likeness (QED) is 0.162. The predicted molar refractivity (Wildman–Crippen MR) is 156 cm³/mol. The molecule has 38 heavy (non-hydrogen) atoms. The summed E-state index contributed by atoms with van der Waals surface area (Å²) in [5.41, 5.74) is 2.38. The summed E-state index contributed by atoms with van der Waals surface area (Å²) in [6.07, 6.45) is 9.99.